The van der Waals surface area contributed by atoms with E-state index >= 15 is 0 Å². The van der Waals surface area contributed by atoms with E-state index < -0.39 is 18.3 Å². The van der Waals surface area contributed by atoms with E-state index in [1.54, 1.807) is 0 Å². The van der Waals surface area contributed by atoms with Crippen molar-refractivity contribution in [3.8, 4) is 0 Å². The van der Waals surface area contributed by atoms with Gasteiger partial charge in [-0.05, 0) is 124 Å². The van der Waals surface area contributed by atoms with Crippen molar-refractivity contribution in [2.75, 3.05) is 63.1 Å². The van der Waals surface area contributed by atoms with Crippen LogP contribution in [0.1, 0.15) is 79.6 Å². The monoisotopic (exact) mass is 656 g/mol. The number of hydrogen-bond acceptors (Lipinski definition) is 4. The maximum absolute atomic E-state index is 14.3. The number of anilines is 3. The van der Waals surface area contributed by atoms with Crippen molar-refractivity contribution in [2.24, 2.45) is 0 Å². The minimum atomic E-state index is -2.29. The summed E-state index contributed by atoms with van der Waals surface area (Å²) in [6, 6.07) is 27.8. The first-order valence-electron chi connectivity index (χ1n) is 17.6. The smallest absolute Gasteiger partial charge is 0.116 e. The van der Waals surface area contributed by atoms with Gasteiger partial charge in [0.15, 0.2) is 0 Å². The van der Waals surface area contributed by atoms with Gasteiger partial charge in [0.05, 0.1) is 17.2 Å². The number of unbranched alkanes of at least 4 members (excludes halogenated alkanes) is 5. The van der Waals surface area contributed by atoms with Gasteiger partial charge in [-0.15, -0.1) is 10.3 Å². The van der Waals surface area contributed by atoms with Crippen LogP contribution in [0.15, 0.2) is 83.9 Å². The summed E-state index contributed by atoms with van der Waals surface area (Å²) < 4.78 is 0. The molecule has 0 N–H and O–H groups in total. The van der Waals surface area contributed by atoms with Gasteiger partial charge in [0.1, 0.15) is 23.2 Å². The van der Waals surface area contributed by atoms with Gasteiger partial charge in [0, 0.05) is 59.3 Å². The van der Waals surface area contributed by atoms with E-state index in [1.165, 1.54) is 81.3 Å². The molecule has 0 amide bonds. The maximum Gasteiger partial charge on any atom is 0.116 e. The third-order valence-electron chi connectivity index (χ3n) is 10.5. The highest BCUT2D eigenvalue weighted by Crippen LogP contribution is 2.61. The van der Waals surface area contributed by atoms with Gasteiger partial charge < -0.3 is 14.7 Å². The van der Waals surface area contributed by atoms with Gasteiger partial charge in [0.25, 0.3) is 0 Å². The van der Waals surface area contributed by atoms with Crippen molar-refractivity contribution >= 4 is 40.2 Å². The molecular weight excluding hydrogens is 595 g/mol. The second-order valence-electron chi connectivity index (χ2n) is 15.1. The quantitative estimate of drug-likeness (QED) is 0.0934. The summed E-state index contributed by atoms with van der Waals surface area (Å²) in [6.07, 6.45) is 9.31. The molecule has 0 aliphatic carbocycles. The van der Waals surface area contributed by atoms with Crippen molar-refractivity contribution in [2.45, 2.75) is 90.6 Å². The Kier molecular flexibility index (Phi) is 11.9. The fraction of sp³-hybridized carbons (Fsp3) is 0.512. The molecule has 3 aromatic rings. The first-order valence-corrected chi connectivity index (χ1v) is 19.6. The van der Waals surface area contributed by atoms with E-state index in [9.17, 15) is 5.21 Å². The average Bonchev–Trinajstić information content (AvgIpc) is 3.17. The lowest BCUT2D eigenvalue weighted by atomic mass is 9.87. The molecule has 1 heterocycles. The minimum Gasteiger partial charge on any atom is -0.378 e. The predicted molar refractivity (Wildman–Crippen MR) is 209 cm³/mol. The third kappa shape index (κ3) is 7.58. The molecule has 255 valence electrons. The number of nitrogens with zero attached hydrogens (tertiary/aromatic N) is 4. The van der Waals surface area contributed by atoms with Crippen LogP contribution in [0, 0.1) is 0 Å². The van der Waals surface area contributed by atoms with Crippen molar-refractivity contribution < 1.29 is 5.21 Å². The summed E-state index contributed by atoms with van der Waals surface area (Å²) in [5.74, 6) is 0. The van der Waals surface area contributed by atoms with Crippen LogP contribution in [-0.2, 0) is 5.21 Å². The SMILES string of the molecule is CCCCCCCCC1=C(C[P+](c2ccc(N(C)C)cc2)(c2ccc(N(C)C)cc2)c2ccc(N(C)C)cc2)C(C)(C)N([O])C1(C)C. The zero-order chi connectivity index (χ0) is 34.6. The second kappa shape index (κ2) is 15.1. The molecule has 47 heavy (non-hydrogen) atoms. The summed E-state index contributed by atoms with van der Waals surface area (Å²) in [6.45, 7) is 10.9. The molecule has 1 aliphatic rings. The molecule has 0 atom stereocenters. The number of rotatable bonds is 15. The molecule has 3 aromatic carbocycles. The highest BCUT2D eigenvalue weighted by Gasteiger charge is 2.56. The van der Waals surface area contributed by atoms with E-state index in [4.69, 9.17) is 0 Å². The Bertz CT molecular complexity index is 1350. The van der Waals surface area contributed by atoms with Crippen LogP contribution in [0.3, 0.4) is 0 Å². The van der Waals surface area contributed by atoms with Crippen molar-refractivity contribution in [3.05, 3.63) is 83.9 Å². The molecule has 4 rings (SSSR count). The van der Waals surface area contributed by atoms with E-state index in [-0.39, 0.29) is 0 Å². The van der Waals surface area contributed by atoms with Gasteiger partial charge in [-0.2, -0.15) is 0 Å². The predicted octanol–water partition coefficient (Wildman–Crippen LogP) is 8.44. The van der Waals surface area contributed by atoms with Crippen LogP contribution in [0.2, 0.25) is 0 Å². The standard InChI is InChI=1S/C41H61N4OP/c1-12-13-14-15-16-17-18-38-39(41(4,5)45(46)40(38,2)3)31-47(35-25-19-32(20-26-35)42(6)7,36-27-21-33(22-28-36)43(8)9)37-29-23-34(24-30-37)44(10)11/h19-30H,12-18,31H2,1-11H3/q+1. The van der Waals surface area contributed by atoms with Crippen molar-refractivity contribution in [1.29, 1.82) is 0 Å². The van der Waals surface area contributed by atoms with Gasteiger partial charge in [-0.1, -0.05) is 39.0 Å². The van der Waals surface area contributed by atoms with Crippen LogP contribution in [0.25, 0.3) is 0 Å². The molecule has 1 aliphatic heterocycles. The number of benzene rings is 3. The zero-order valence-electron chi connectivity index (χ0n) is 31.2. The molecule has 1 radical (unpaired) electrons. The van der Waals surface area contributed by atoms with Crippen LogP contribution < -0.4 is 30.6 Å². The largest absolute Gasteiger partial charge is 0.378 e. The Hall–Kier alpha value is -2.85. The zero-order valence-corrected chi connectivity index (χ0v) is 32.1. The molecule has 0 bridgehead atoms. The Morgan fingerprint density at radius 3 is 1.23 bits per heavy atom. The Morgan fingerprint density at radius 1 is 0.532 bits per heavy atom. The lowest BCUT2D eigenvalue weighted by Crippen LogP contribution is -2.48. The van der Waals surface area contributed by atoms with E-state index in [0.29, 0.717) is 0 Å². The number of hydroxylamine groups is 2. The summed E-state index contributed by atoms with van der Waals surface area (Å²) in [5, 5.41) is 19.7. The Labute approximate surface area is 287 Å². The molecule has 0 aromatic heterocycles. The highest BCUT2D eigenvalue weighted by molar-refractivity contribution is 7.95. The van der Waals surface area contributed by atoms with Crippen molar-refractivity contribution in [3.63, 3.8) is 0 Å². The molecule has 0 saturated carbocycles. The average molecular weight is 657 g/mol. The second-order valence-corrected chi connectivity index (χ2v) is 18.6. The Balaban J connectivity index is 1.99. The first kappa shape index (κ1) is 37.0. The van der Waals surface area contributed by atoms with Gasteiger partial charge in [-0.3, -0.25) is 0 Å². The fourth-order valence-corrected chi connectivity index (χ4v) is 12.0. The summed E-state index contributed by atoms with van der Waals surface area (Å²) >= 11 is 0. The Morgan fingerprint density at radius 2 is 0.872 bits per heavy atom. The first-order chi connectivity index (χ1) is 22.2. The van der Waals surface area contributed by atoms with Crippen LogP contribution in [0.4, 0.5) is 17.1 Å². The van der Waals surface area contributed by atoms with E-state index in [2.05, 4.69) is 164 Å². The molecule has 0 spiro atoms. The normalized spacial score (nSPS) is 16.1. The lowest BCUT2D eigenvalue weighted by molar-refractivity contribution is -0.240. The van der Waals surface area contributed by atoms with Gasteiger partial charge >= 0.3 is 0 Å². The summed E-state index contributed by atoms with van der Waals surface area (Å²) in [5.41, 5.74) is 5.11. The van der Waals surface area contributed by atoms with Crippen LogP contribution in [-0.4, -0.2) is 64.6 Å². The topological polar surface area (TPSA) is 32.9 Å². The van der Waals surface area contributed by atoms with Crippen LogP contribution >= 0.6 is 7.26 Å². The van der Waals surface area contributed by atoms with Gasteiger partial charge in [-0.25, -0.2) is 0 Å². The molecule has 5 nitrogen and oxygen atoms in total. The highest BCUT2D eigenvalue weighted by atomic mass is 31.2. The summed E-state index contributed by atoms with van der Waals surface area (Å²) in [4.78, 5) is 6.50. The van der Waals surface area contributed by atoms with Crippen molar-refractivity contribution in [1.82, 2.24) is 5.06 Å². The molecule has 0 unspecified atom stereocenters. The van der Waals surface area contributed by atoms with Crippen LogP contribution in [0.5, 0.6) is 0 Å². The molecule has 0 saturated heterocycles. The maximum atomic E-state index is 14.3. The van der Waals surface area contributed by atoms with E-state index in [1.807, 2.05) is 0 Å². The lowest BCUT2D eigenvalue weighted by Gasteiger charge is -2.36. The third-order valence-corrected chi connectivity index (χ3v) is 14.8. The summed E-state index contributed by atoms with van der Waals surface area (Å²) in [7, 11) is 10.3. The molecular formula is C41H61N4OP+. The number of hydrogen-bond donors (Lipinski definition) is 0. The molecule has 6 heteroatoms. The fourth-order valence-electron chi connectivity index (χ4n) is 7.48. The van der Waals surface area contributed by atoms with E-state index in [0.717, 1.165) is 19.0 Å². The minimum absolute atomic E-state index is 0.545. The van der Waals surface area contributed by atoms with Gasteiger partial charge in [0.2, 0.25) is 0 Å². The molecule has 0 fully saturated rings.